The van der Waals surface area contributed by atoms with Crippen LogP contribution in [0.4, 0.5) is 5.13 Å². The lowest BCUT2D eigenvalue weighted by Gasteiger charge is -2.18. The summed E-state index contributed by atoms with van der Waals surface area (Å²) in [7, 11) is 0. The number of aryl methyl sites for hydroxylation is 1. The lowest BCUT2D eigenvalue weighted by molar-refractivity contribution is -0.119. The predicted octanol–water partition coefficient (Wildman–Crippen LogP) is 3.29. The Bertz CT molecular complexity index is 644. The maximum atomic E-state index is 12.3. The number of carbonyl (C=O) groups is 1. The molecule has 1 fully saturated rings. The van der Waals surface area contributed by atoms with E-state index >= 15 is 0 Å². The lowest BCUT2D eigenvalue weighted by Crippen LogP contribution is -2.24. The van der Waals surface area contributed by atoms with Crippen LogP contribution in [0.5, 0.6) is 0 Å². The molecule has 0 unspecified atom stereocenters. The molecule has 1 saturated carbocycles. The highest BCUT2D eigenvalue weighted by Gasteiger charge is 2.21. The van der Waals surface area contributed by atoms with Crippen LogP contribution in [0.3, 0.4) is 0 Å². The van der Waals surface area contributed by atoms with Gasteiger partial charge >= 0.3 is 0 Å². The van der Waals surface area contributed by atoms with Crippen LogP contribution in [-0.4, -0.2) is 25.9 Å². The van der Waals surface area contributed by atoms with Gasteiger partial charge in [-0.3, -0.25) is 14.8 Å². The van der Waals surface area contributed by atoms with Crippen molar-refractivity contribution in [1.29, 1.82) is 0 Å². The van der Waals surface area contributed by atoms with Crippen LogP contribution in [-0.2, 0) is 4.79 Å². The van der Waals surface area contributed by atoms with Gasteiger partial charge in [0.2, 0.25) is 5.13 Å². The molecule has 0 aliphatic heterocycles. The van der Waals surface area contributed by atoms with Crippen molar-refractivity contribution in [2.75, 3.05) is 5.32 Å². The molecule has 0 aromatic carbocycles. The Balaban J connectivity index is 1.63. The minimum absolute atomic E-state index is 0.116. The number of hydrogen-bond donors (Lipinski definition) is 1. The van der Waals surface area contributed by atoms with Gasteiger partial charge < -0.3 is 0 Å². The van der Waals surface area contributed by atoms with Gasteiger partial charge in [-0.1, -0.05) is 30.6 Å². The number of nitrogens with one attached hydrogen (secondary N) is 1. The number of aromatic nitrogens is 4. The summed E-state index contributed by atoms with van der Waals surface area (Å²) < 4.78 is 1.66. The summed E-state index contributed by atoms with van der Waals surface area (Å²) in [6, 6.07) is 1.52. The van der Waals surface area contributed by atoms with E-state index in [2.05, 4.69) is 20.6 Å². The van der Waals surface area contributed by atoms with Gasteiger partial charge in [0.1, 0.15) is 11.0 Å². The first-order chi connectivity index (χ1) is 10.6. The SMILES string of the molecule is Cc1ccn([C@H](C)C(=O)Nc2nnc(C3CCCCC3)s2)n1. The van der Waals surface area contributed by atoms with Crippen molar-refractivity contribution in [3.63, 3.8) is 0 Å². The van der Waals surface area contributed by atoms with Gasteiger partial charge in [0.25, 0.3) is 5.91 Å². The van der Waals surface area contributed by atoms with Crippen molar-refractivity contribution >= 4 is 22.4 Å². The van der Waals surface area contributed by atoms with E-state index in [1.54, 1.807) is 4.68 Å². The third-order valence-electron chi connectivity index (χ3n) is 4.14. The zero-order valence-corrected chi connectivity index (χ0v) is 13.8. The fourth-order valence-corrected chi connectivity index (χ4v) is 3.69. The molecule has 0 bridgehead atoms. The number of carbonyl (C=O) groups excluding carboxylic acids is 1. The first-order valence-electron chi connectivity index (χ1n) is 7.79. The summed E-state index contributed by atoms with van der Waals surface area (Å²) >= 11 is 1.50. The van der Waals surface area contributed by atoms with Crippen molar-refractivity contribution in [3.05, 3.63) is 23.0 Å². The Labute approximate surface area is 133 Å². The first kappa shape index (κ1) is 15.1. The Morgan fingerprint density at radius 2 is 2.14 bits per heavy atom. The molecular formula is C15H21N5OS. The molecule has 1 aliphatic carbocycles. The standard InChI is InChI=1S/C15H21N5OS/c1-10-8-9-20(19-10)11(2)13(21)16-15-18-17-14(22-15)12-6-4-3-5-7-12/h8-9,11-12H,3-7H2,1-2H3,(H,16,18,21)/t11-/m1/s1. The number of anilines is 1. The second-order valence-electron chi connectivity index (χ2n) is 5.88. The van der Waals surface area contributed by atoms with E-state index in [0.29, 0.717) is 11.0 Å². The molecule has 1 aliphatic rings. The molecule has 2 aromatic heterocycles. The smallest absolute Gasteiger partial charge is 0.250 e. The zero-order chi connectivity index (χ0) is 15.5. The molecule has 1 atom stereocenters. The number of nitrogens with zero attached hydrogens (tertiary/aromatic N) is 4. The lowest BCUT2D eigenvalue weighted by atomic mass is 9.90. The Hall–Kier alpha value is -1.76. The highest BCUT2D eigenvalue weighted by Crippen LogP contribution is 2.35. The van der Waals surface area contributed by atoms with E-state index in [-0.39, 0.29) is 11.9 Å². The molecule has 7 heteroatoms. The summed E-state index contributed by atoms with van der Waals surface area (Å²) in [6.07, 6.45) is 8.03. The molecule has 2 heterocycles. The minimum atomic E-state index is -0.365. The Kier molecular flexibility index (Phi) is 4.52. The van der Waals surface area contributed by atoms with Crippen LogP contribution in [0.2, 0.25) is 0 Å². The fraction of sp³-hybridized carbons (Fsp3) is 0.600. The second-order valence-corrected chi connectivity index (χ2v) is 6.89. The van der Waals surface area contributed by atoms with Crippen LogP contribution < -0.4 is 5.32 Å². The Morgan fingerprint density at radius 1 is 1.36 bits per heavy atom. The van der Waals surface area contributed by atoms with E-state index in [9.17, 15) is 4.79 Å². The van der Waals surface area contributed by atoms with Gasteiger partial charge in [0.05, 0.1) is 5.69 Å². The third kappa shape index (κ3) is 3.35. The van der Waals surface area contributed by atoms with Gasteiger partial charge in [0.15, 0.2) is 0 Å². The Morgan fingerprint density at radius 3 is 2.82 bits per heavy atom. The molecule has 0 radical (unpaired) electrons. The molecule has 6 nitrogen and oxygen atoms in total. The summed E-state index contributed by atoms with van der Waals surface area (Å²) in [5.74, 6) is 0.400. The summed E-state index contributed by atoms with van der Waals surface area (Å²) in [5.41, 5.74) is 0.898. The van der Waals surface area contributed by atoms with Gasteiger partial charge in [0, 0.05) is 12.1 Å². The number of rotatable bonds is 4. The maximum absolute atomic E-state index is 12.3. The summed E-state index contributed by atoms with van der Waals surface area (Å²) in [5, 5.41) is 17.1. The molecule has 22 heavy (non-hydrogen) atoms. The molecule has 1 amide bonds. The zero-order valence-electron chi connectivity index (χ0n) is 13.0. The first-order valence-corrected chi connectivity index (χ1v) is 8.61. The fourth-order valence-electron chi connectivity index (χ4n) is 2.78. The normalized spacial score (nSPS) is 17.4. The van der Waals surface area contributed by atoms with E-state index in [1.807, 2.05) is 26.1 Å². The molecule has 3 rings (SSSR count). The van der Waals surface area contributed by atoms with Crippen LogP contribution in [0.1, 0.15) is 61.7 Å². The van der Waals surface area contributed by atoms with Crippen molar-refractivity contribution < 1.29 is 4.79 Å². The van der Waals surface area contributed by atoms with Crippen molar-refractivity contribution in [3.8, 4) is 0 Å². The maximum Gasteiger partial charge on any atom is 0.250 e. The van der Waals surface area contributed by atoms with Crippen molar-refractivity contribution in [2.24, 2.45) is 0 Å². The van der Waals surface area contributed by atoms with Crippen LogP contribution >= 0.6 is 11.3 Å². The van der Waals surface area contributed by atoms with Gasteiger partial charge in [-0.2, -0.15) is 5.10 Å². The molecule has 0 saturated heterocycles. The summed E-state index contributed by atoms with van der Waals surface area (Å²) in [4.78, 5) is 12.3. The third-order valence-corrected chi connectivity index (χ3v) is 5.14. The number of amides is 1. The minimum Gasteiger partial charge on any atom is -0.299 e. The molecule has 2 aromatic rings. The second kappa shape index (κ2) is 6.56. The molecular weight excluding hydrogens is 298 g/mol. The van der Waals surface area contributed by atoms with Crippen molar-refractivity contribution in [1.82, 2.24) is 20.0 Å². The van der Waals surface area contributed by atoms with Gasteiger partial charge in [-0.25, -0.2) is 0 Å². The quantitative estimate of drug-likeness (QED) is 0.938. The predicted molar refractivity (Wildman–Crippen MR) is 86.0 cm³/mol. The highest BCUT2D eigenvalue weighted by molar-refractivity contribution is 7.15. The monoisotopic (exact) mass is 319 g/mol. The van der Waals surface area contributed by atoms with Gasteiger partial charge in [-0.15, -0.1) is 10.2 Å². The van der Waals surface area contributed by atoms with Gasteiger partial charge in [-0.05, 0) is 32.8 Å². The van der Waals surface area contributed by atoms with Crippen LogP contribution in [0.25, 0.3) is 0 Å². The van der Waals surface area contributed by atoms with Crippen LogP contribution in [0, 0.1) is 6.92 Å². The number of hydrogen-bond acceptors (Lipinski definition) is 5. The topological polar surface area (TPSA) is 72.7 Å². The van der Waals surface area contributed by atoms with E-state index in [4.69, 9.17) is 0 Å². The van der Waals surface area contributed by atoms with E-state index in [1.165, 1.54) is 43.4 Å². The molecule has 0 spiro atoms. The average molecular weight is 319 g/mol. The molecule has 118 valence electrons. The summed E-state index contributed by atoms with van der Waals surface area (Å²) in [6.45, 7) is 3.73. The van der Waals surface area contributed by atoms with E-state index < -0.39 is 0 Å². The largest absolute Gasteiger partial charge is 0.299 e. The van der Waals surface area contributed by atoms with Crippen molar-refractivity contribution in [2.45, 2.75) is 57.9 Å². The molecule has 1 N–H and O–H groups in total. The highest BCUT2D eigenvalue weighted by atomic mass is 32.1. The van der Waals surface area contributed by atoms with E-state index in [0.717, 1.165) is 10.7 Å². The van der Waals surface area contributed by atoms with Crippen LogP contribution in [0.15, 0.2) is 12.3 Å². The average Bonchev–Trinajstić information content (AvgIpc) is 3.16.